The number of rotatable bonds is 6. The highest BCUT2D eigenvalue weighted by Crippen LogP contribution is 2.30. The average molecular weight is 434 g/mol. The van der Waals surface area contributed by atoms with Gasteiger partial charge in [-0.25, -0.2) is 8.42 Å². The maximum absolute atomic E-state index is 13.2. The highest BCUT2D eigenvalue weighted by molar-refractivity contribution is 7.98. The summed E-state index contributed by atoms with van der Waals surface area (Å²) < 4.78 is 27.9. The highest BCUT2D eigenvalue weighted by Gasteiger charge is 2.29. The van der Waals surface area contributed by atoms with Crippen molar-refractivity contribution in [3.05, 3.63) is 48.5 Å². The molecule has 0 spiro atoms. The molecule has 0 bridgehead atoms. The van der Waals surface area contributed by atoms with E-state index in [1.54, 1.807) is 32.0 Å². The van der Waals surface area contributed by atoms with Crippen LogP contribution in [-0.4, -0.2) is 51.1 Å². The first kappa shape index (κ1) is 21.7. The fraction of sp³-hybridized carbons (Fsp3) is 0.381. The summed E-state index contributed by atoms with van der Waals surface area (Å²) in [6.07, 6.45) is 1.90. The molecule has 1 fully saturated rings. The van der Waals surface area contributed by atoms with Crippen molar-refractivity contribution in [2.24, 2.45) is 5.92 Å². The van der Waals surface area contributed by atoms with Gasteiger partial charge in [0.05, 0.1) is 10.6 Å². The van der Waals surface area contributed by atoms with Crippen LogP contribution in [0.15, 0.2) is 58.3 Å². The van der Waals surface area contributed by atoms with E-state index < -0.39 is 10.0 Å². The molecule has 8 heteroatoms. The Hall–Kier alpha value is -2.03. The van der Waals surface area contributed by atoms with Crippen LogP contribution in [0.1, 0.15) is 13.8 Å². The van der Waals surface area contributed by atoms with Crippen LogP contribution < -0.4 is 10.2 Å². The van der Waals surface area contributed by atoms with E-state index in [2.05, 4.69) is 10.2 Å². The molecule has 6 nitrogen and oxygen atoms in total. The number of anilines is 2. The number of benzene rings is 2. The van der Waals surface area contributed by atoms with E-state index in [0.29, 0.717) is 31.9 Å². The maximum Gasteiger partial charge on any atom is 0.243 e. The van der Waals surface area contributed by atoms with Crippen LogP contribution >= 0.6 is 11.8 Å². The number of amides is 1. The third-order valence-corrected chi connectivity index (χ3v) is 7.64. The number of thioether (sulfide) groups is 1. The molecule has 0 aliphatic carbocycles. The lowest BCUT2D eigenvalue weighted by Crippen LogP contribution is -2.48. The van der Waals surface area contributed by atoms with Gasteiger partial charge in [-0.05, 0) is 36.6 Å². The molecule has 3 rings (SSSR count). The van der Waals surface area contributed by atoms with Crippen LogP contribution in [0.4, 0.5) is 11.4 Å². The number of nitrogens with one attached hydrogen (secondary N) is 1. The van der Waals surface area contributed by atoms with Gasteiger partial charge in [0.25, 0.3) is 0 Å². The van der Waals surface area contributed by atoms with E-state index in [9.17, 15) is 13.2 Å². The lowest BCUT2D eigenvalue weighted by atomic mass is 10.2. The van der Waals surface area contributed by atoms with Crippen LogP contribution in [0.5, 0.6) is 0 Å². The summed E-state index contributed by atoms with van der Waals surface area (Å²) in [5.41, 5.74) is 1.65. The van der Waals surface area contributed by atoms with Gasteiger partial charge in [-0.3, -0.25) is 4.79 Å². The van der Waals surface area contributed by atoms with E-state index in [4.69, 9.17) is 0 Å². The number of nitrogens with zero attached hydrogens (tertiary/aromatic N) is 2. The molecule has 1 amide bonds. The van der Waals surface area contributed by atoms with Crippen molar-refractivity contribution in [1.29, 1.82) is 0 Å². The van der Waals surface area contributed by atoms with Gasteiger partial charge >= 0.3 is 0 Å². The number of sulfonamides is 1. The summed E-state index contributed by atoms with van der Waals surface area (Å²) >= 11 is 1.47. The second-order valence-electron chi connectivity index (χ2n) is 7.23. The first-order valence-corrected chi connectivity index (χ1v) is 12.3. The van der Waals surface area contributed by atoms with Crippen molar-refractivity contribution in [2.75, 3.05) is 42.7 Å². The van der Waals surface area contributed by atoms with Gasteiger partial charge in [0.1, 0.15) is 0 Å². The molecule has 0 aromatic heterocycles. The molecular formula is C21H27N3O3S2. The van der Waals surface area contributed by atoms with E-state index in [0.717, 1.165) is 10.6 Å². The lowest BCUT2D eigenvalue weighted by Gasteiger charge is -2.35. The molecule has 1 N–H and O–H groups in total. The normalized spacial score (nSPS) is 15.5. The lowest BCUT2D eigenvalue weighted by molar-refractivity contribution is -0.118. The van der Waals surface area contributed by atoms with Crippen molar-refractivity contribution in [3.63, 3.8) is 0 Å². The Morgan fingerprint density at radius 3 is 2.28 bits per heavy atom. The van der Waals surface area contributed by atoms with Gasteiger partial charge in [0.2, 0.25) is 15.9 Å². The zero-order valence-corrected chi connectivity index (χ0v) is 18.6. The van der Waals surface area contributed by atoms with Crippen molar-refractivity contribution >= 4 is 39.1 Å². The molecule has 0 saturated carbocycles. The molecule has 0 unspecified atom stereocenters. The largest absolute Gasteiger partial charge is 0.369 e. The quantitative estimate of drug-likeness (QED) is 0.706. The number of para-hydroxylation sites is 1. The molecule has 0 radical (unpaired) electrons. The molecule has 1 heterocycles. The first-order valence-electron chi connectivity index (χ1n) is 9.62. The Morgan fingerprint density at radius 2 is 1.69 bits per heavy atom. The third-order valence-electron chi connectivity index (χ3n) is 4.95. The fourth-order valence-corrected chi connectivity index (χ4v) is 5.18. The molecule has 1 aliphatic rings. The molecule has 156 valence electrons. The topological polar surface area (TPSA) is 69.7 Å². The van der Waals surface area contributed by atoms with Gasteiger partial charge in [-0.2, -0.15) is 4.31 Å². The van der Waals surface area contributed by atoms with Crippen LogP contribution in [0.25, 0.3) is 0 Å². The number of hydrogen-bond donors (Lipinski definition) is 1. The minimum absolute atomic E-state index is 0.133. The monoisotopic (exact) mass is 433 g/mol. The molecular weight excluding hydrogens is 406 g/mol. The zero-order valence-electron chi connectivity index (χ0n) is 17.0. The Bertz CT molecular complexity index is 954. The summed E-state index contributed by atoms with van der Waals surface area (Å²) in [7, 11) is -3.63. The van der Waals surface area contributed by atoms with E-state index in [1.807, 2.05) is 36.6 Å². The molecule has 1 saturated heterocycles. The Morgan fingerprint density at radius 1 is 1.03 bits per heavy atom. The second kappa shape index (κ2) is 9.19. The summed E-state index contributed by atoms with van der Waals surface area (Å²) in [4.78, 5) is 15.4. The highest BCUT2D eigenvalue weighted by atomic mass is 32.2. The summed E-state index contributed by atoms with van der Waals surface area (Å²) in [5, 5.41) is 2.85. The van der Waals surface area contributed by atoms with Gasteiger partial charge in [-0.15, -0.1) is 11.8 Å². The minimum atomic E-state index is -3.63. The Balaban J connectivity index is 1.78. The van der Waals surface area contributed by atoms with Crippen molar-refractivity contribution in [2.45, 2.75) is 23.6 Å². The van der Waals surface area contributed by atoms with E-state index >= 15 is 0 Å². The van der Waals surface area contributed by atoms with Crippen LogP contribution in [0.2, 0.25) is 0 Å². The van der Waals surface area contributed by atoms with E-state index in [-0.39, 0.29) is 16.7 Å². The Labute approximate surface area is 177 Å². The van der Waals surface area contributed by atoms with Gasteiger partial charge < -0.3 is 10.2 Å². The predicted molar refractivity (Wildman–Crippen MR) is 119 cm³/mol. The van der Waals surface area contributed by atoms with Gasteiger partial charge in [0, 0.05) is 42.7 Å². The maximum atomic E-state index is 13.2. The molecule has 0 atom stereocenters. The van der Waals surface area contributed by atoms with Gasteiger partial charge in [0.15, 0.2) is 0 Å². The molecule has 29 heavy (non-hydrogen) atoms. The van der Waals surface area contributed by atoms with Crippen molar-refractivity contribution in [3.8, 4) is 0 Å². The third kappa shape index (κ3) is 4.94. The number of carbonyl (C=O) groups is 1. The summed E-state index contributed by atoms with van der Waals surface area (Å²) in [6.45, 7) is 5.75. The number of carbonyl (C=O) groups excluding carboxylic acids is 1. The summed E-state index contributed by atoms with van der Waals surface area (Å²) in [5.74, 6) is -0.317. The fourth-order valence-electron chi connectivity index (χ4n) is 3.20. The SMILES string of the molecule is CSc1ccc(S(=O)(=O)N2CCN(c3ccccc3)CC2)cc1NC(=O)C(C)C. The smallest absolute Gasteiger partial charge is 0.243 e. The van der Waals surface area contributed by atoms with Crippen molar-refractivity contribution in [1.82, 2.24) is 4.31 Å². The molecule has 2 aromatic carbocycles. The predicted octanol–water partition coefficient (Wildman–Crippen LogP) is 3.51. The van der Waals surface area contributed by atoms with Gasteiger partial charge in [-0.1, -0.05) is 32.0 Å². The Kier molecular flexibility index (Phi) is 6.87. The molecule has 2 aromatic rings. The van der Waals surface area contributed by atoms with Crippen LogP contribution in [0, 0.1) is 5.92 Å². The number of piperazine rings is 1. The van der Waals surface area contributed by atoms with Crippen LogP contribution in [-0.2, 0) is 14.8 Å². The second-order valence-corrected chi connectivity index (χ2v) is 10.0. The summed E-state index contributed by atoms with van der Waals surface area (Å²) in [6, 6.07) is 15.0. The molecule has 1 aliphatic heterocycles. The van der Waals surface area contributed by atoms with Crippen molar-refractivity contribution < 1.29 is 13.2 Å². The van der Waals surface area contributed by atoms with Crippen LogP contribution in [0.3, 0.4) is 0 Å². The zero-order chi connectivity index (χ0) is 21.0. The minimum Gasteiger partial charge on any atom is -0.369 e. The standard InChI is InChI=1S/C21H27N3O3S2/c1-16(2)21(25)22-19-15-18(9-10-20(19)28-3)29(26,27)24-13-11-23(12-14-24)17-7-5-4-6-8-17/h4-10,15-16H,11-14H2,1-3H3,(H,22,25). The first-order chi connectivity index (χ1) is 13.8. The number of hydrogen-bond acceptors (Lipinski definition) is 5. The van der Waals surface area contributed by atoms with E-state index in [1.165, 1.54) is 16.1 Å². The average Bonchev–Trinajstić information content (AvgIpc) is 2.74.